The standard InChI is InChI=1S/C33H24N6/c1-3-9-29-23(7-1)12-13-24-14-15-26(39-35-19-20-36-39)22-31(24)37(29)25-16-17-28-27-8-2-4-10-30(27)38(32(28)21-25)33-11-5-6-18-34-33/h1-11,14-22H,12-13H2. The maximum atomic E-state index is 4.72. The maximum absolute atomic E-state index is 4.72. The van der Waals surface area contributed by atoms with E-state index in [9.17, 15) is 0 Å². The number of pyridine rings is 1. The Morgan fingerprint density at radius 3 is 2.15 bits per heavy atom. The molecule has 6 nitrogen and oxygen atoms in total. The van der Waals surface area contributed by atoms with Gasteiger partial charge in [-0.2, -0.15) is 15.0 Å². The number of anilines is 3. The van der Waals surface area contributed by atoms with Gasteiger partial charge in [-0.05, 0) is 72.5 Å². The molecule has 0 atom stereocenters. The van der Waals surface area contributed by atoms with Crippen molar-refractivity contribution in [3.05, 3.63) is 133 Å². The van der Waals surface area contributed by atoms with E-state index in [1.54, 1.807) is 17.2 Å². The molecule has 7 aromatic rings. The SMILES string of the molecule is c1ccc(-n2c3ccccc3c3ccc(N4c5ccccc5CCc5ccc(-n6nccn6)cc54)cc32)nc1. The third-order valence-corrected chi connectivity index (χ3v) is 7.65. The molecule has 0 N–H and O–H groups in total. The van der Waals surface area contributed by atoms with Crippen LogP contribution in [0.2, 0.25) is 0 Å². The van der Waals surface area contributed by atoms with Gasteiger partial charge in [0.2, 0.25) is 0 Å². The molecule has 4 aromatic carbocycles. The molecule has 0 saturated heterocycles. The summed E-state index contributed by atoms with van der Waals surface area (Å²) in [7, 11) is 0. The highest BCUT2D eigenvalue weighted by molar-refractivity contribution is 6.10. The van der Waals surface area contributed by atoms with Gasteiger partial charge in [0.25, 0.3) is 0 Å². The maximum Gasteiger partial charge on any atom is 0.137 e. The van der Waals surface area contributed by atoms with Crippen LogP contribution in [0.3, 0.4) is 0 Å². The van der Waals surface area contributed by atoms with Gasteiger partial charge in [-0.15, -0.1) is 0 Å². The van der Waals surface area contributed by atoms with E-state index in [-0.39, 0.29) is 0 Å². The Balaban J connectivity index is 1.41. The van der Waals surface area contributed by atoms with Crippen molar-refractivity contribution in [1.82, 2.24) is 24.5 Å². The monoisotopic (exact) mass is 504 g/mol. The van der Waals surface area contributed by atoms with E-state index in [1.165, 1.54) is 27.6 Å². The Hall–Kier alpha value is -5.23. The lowest BCUT2D eigenvalue weighted by Gasteiger charge is -2.28. The molecule has 1 aliphatic heterocycles. The molecule has 0 saturated carbocycles. The zero-order valence-electron chi connectivity index (χ0n) is 21.1. The largest absolute Gasteiger partial charge is 0.310 e. The number of para-hydroxylation sites is 2. The Kier molecular flexibility index (Phi) is 4.85. The molecular weight excluding hydrogens is 480 g/mol. The zero-order valence-corrected chi connectivity index (χ0v) is 21.1. The first-order valence-electron chi connectivity index (χ1n) is 13.2. The van der Waals surface area contributed by atoms with E-state index in [4.69, 9.17) is 4.98 Å². The highest BCUT2D eigenvalue weighted by Crippen LogP contribution is 2.44. The Morgan fingerprint density at radius 1 is 0.538 bits per heavy atom. The molecule has 4 heterocycles. The zero-order chi connectivity index (χ0) is 25.8. The van der Waals surface area contributed by atoms with Gasteiger partial charge in [0, 0.05) is 28.3 Å². The number of aromatic nitrogens is 5. The quantitative estimate of drug-likeness (QED) is 0.253. The second kappa shape index (κ2) is 8.67. The predicted octanol–water partition coefficient (Wildman–Crippen LogP) is 7.33. The van der Waals surface area contributed by atoms with E-state index >= 15 is 0 Å². The molecule has 1 aliphatic rings. The van der Waals surface area contributed by atoms with Gasteiger partial charge in [-0.1, -0.05) is 54.6 Å². The Bertz CT molecular complexity index is 1970. The average molecular weight is 505 g/mol. The van der Waals surface area contributed by atoms with Crippen molar-refractivity contribution in [3.63, 3.8) is 0 Å². The van der Waals surface area contributed by atoms with E-state index in [0.29, 0.717) is 0 Å². The fraction of sp³-hybridized carbons (Fsp3) is 0.0606. The number of aryl methyl sites for hydroxylation is 2. The van der Waals surface area contributed by atoms with Gasteiger partial charge in [-0.3, -0.25) is 4.57 Å². The minimum Gasteiger partial charge on any atom is -0.310 e. The van der Waals surface area contributed by atoms with Gasteiger partial charge >= 0.3 is 0 Å². The molecule has 186 valence electrons. The van der Waals surface area contributed by atoms with Crippen LogP contribution in [0.25, 0.3) is 33.3 Å². The highest BCUT2D eigenvalue weighted by Gasteiger charge is 2.24. The van der Waals surface area contributed by atoms with Crippen molar-refractivity contribution in [2.75, 3.05) is 4.90 Å². The predicted molar refractivity (Wildman–Crippen MR) is 156 cm³/mol. The lowest BCUT2D eigenvalue weighted by Crippen LogP contribution is -2.13. The van der Waals surface area contributed by atoms with Crippen LogP contribution >= 0.6 is 0 Å². The van der Waals surface area contributed by atoms with E-state index in [2.05, 4.69) is 111 Å². The Morgan fingerprint density at radius 2 is 1.28 bits per heavy atom. The third kappa shape index (κ3) is 3.45. The molecule has 8 rings (SSSR count). The summed E-state index contributed by atoms with van der Waals surface area (Å²) in [5.74, 6) is 0.907. The second-order valence-corrected chi connectivity index (χ2v) is 9.84. The molecule has 0 unspecified atom stereocenters. The number of hydrogen-bond acceptors (Lipinski definition) is 4. The summed E-state index contributed by atoms with van der Waals surface area (Å²) in [6.07, 6.45) is 7.22. The smallest absolute Gasteiger partial charge is 0.137 e. The number of nitrogens with zero attached hydrogens (tertiary/aromatic N) is 6. The minimum absolute atomic E-state index is 0.907. The lowest BCUT2D eigenvalue weighted by molar-refractivity contribution is 0.751. The average Bonchev–Trinajstić information content (AvgIpc) is 3.60. The molecule has 0 radical (unpaired) electrons. The van der Waals surface area contributed by atoms with Gasteiger partial charge in [0.1, 0.15) is 5.82 Å². The number of fused-ring (bicyclic) bond motifs is 5. The van der Waals surface area contributed by atoms with Crippen LogP contribution in [0, 0.1) is 0 Å². The van der Waals surface area contributed by atoms with Crippen LogP contribution in [0.15, 0.2) is 122 Å². The highest BCUT2D eigenvalue weighted by atomic mass is 15.5. The van der Waals surface area contributed by atoms with Crippen molar-refractivity contribution in [3.8, 4) is 11.5 Å². The van der Waals surface area contributed by atoms with E-state index in [0.717, 1.165) is 46.8 Å². The van der Waals surface area contributed by atoms with Crippen molar-refractivity contribution in [2.45, 2.75) is 12.8 Å². The second-order valence-electron chi connectivity index (χ2n) is 9.84. The molecule has 0 amide bonds. The summed E-state index contributed by atoms with van der Waals surface area (Å²) >= 11 is 0. The molecule has 0 bridgehead atoms. The van der Waals surface area contributed by atoms with Crippen LogP contribution in [0.4, 0.5) is 17.1 Å². The summed E-state index contributed by atoms with van der Waals surface area (Å²) in [6.45, 7) is 0. The van der Waals surface area contributed by atoms with E-state index < -0.39 is 0 Å². The third-order valence-electron chi connectivity index (χ3n) is 7.65. The summed E-state index contributed by atoms with van der Waals surface area (Å²) < 4.78 is 2.27. The van der Waals surface area contributed by atoms with Gasteiger partial charge in [0.15, 0.2) is 0 Å². The van der Waals surface area contributed by atoms with Gasteiger partial charge in [0.05, 0.1) is 34.8 Å². The van der Waals surface area contributed by atoms with Gasteiger partial charge in [-0.25, -0.2) is 4.98 Å². The first-order valence-corrected chi connectivity index (χ1v) is 13.2. The summed E-state index contributed by atoms with van der Waals surface area (Å²) in [5.41, 5.74) is 9.28. The Labute approximate surface area is 225 Å². The molecule has 6 heteroatoms. The van der Waals surface area contributed by atoms with Crippen LogP contribution < -0.4 is 4.90 Å². The van der Waals surface area contributed by atoms with Crippen molar-refractivity contribution in [2.24, 2.45) is 0 Å². The molecule has 39 heavy (non-hydrogen) atoms. The lowest BCUT2D eigenvalue weighted by atomic mass is 10.0. The molecule has 0 aliphatic carbocycles. The first kappa shape index (κ1) is 21.8. The van der Waals surface area contributed by atoms with Crippen LogP contribution in [0.5, 0.6) is 0 Å². The fourth-order valence-corrected chi connectivity index (χ4v) is 5.89. The van der Waals surface area contributed by atoms with E-state index in [1.807, 2.05) is 18.3 Å². The summed E-state index contributed by atoms with van der Waals surface area (Å²) in [6, 6.07) is 36.7. The van der Waals surface area contributed by atoms with Crippen molar-refractivity contribution in [1.29, 1.82) is 0 Å². The number of benzene rings is 4. The van der Waals surface area contributed by atoms with Crippen LogP contribution in [0.1, 0.15) is 11.1 Å². The minimum atomic E-state index is 0.907. The molecule has 0 spiro atoms. The van der Waals surface area contributed by atoms with Gasteiger partial charge < -0.3 is 4.90 Å². The normalized spacial score (nSPS) is 12.9. The number of rotatable bonds is 3. The molecule has 3 aromatic heterocycles. The fourth-order valence-electron chi connectivity index (χ4n) is 5.89. The van der Waals surface area contributed by atoms with Crippen molar-refractivity contribution < 1.29 is 0 Å². The van der Waals surface area contributed by atoms with Crippen LogP contribution in [-0.2, 0) is 12.8 Å². The summed E-state index contributed by atoms with van der Waals surface area (Å²) in [4.78, 5) is 8.79. The topological polar surface area (TPSA) is 51.8 Å². The summed E-state index contributed by atoms with van der Waals surface area (Å²) in [5, 5.41) is 11.2. The van der Waals surface area contributed by atoms with Crippen LogP contribution in [-0.4, -0.2) is 24.5 Å². The number of hydrogen-bond donors (Lipinski definition) is 0. The molecule has 0 fully saturated rings. The molecular formula is C33H24N6. The first-order chi connectivity index (χ1) is 19.3. The van der Waals surface area contributed by atoms with Crippen molar-refractivity contribution >= 4 is 38.9 Å².